The van der Waals surface area contributed by atoms with Crippen LogP contribution in [0.3, 0.4) is 0 Å². The molecule has 4 unspecified atom stereocenters. The highest BCUT2D eigenvalue weighted by Gasteiger charge is 2.49. The Hall–Kier alpha value is -1.83. The smallest absolute Gasteiger partial charge is 0.317 e. The number of carboxylic acid groups (broad SMARTS) is 3. The Morgan fingerprint density at radius 3 is 1.32 bits per heavy atom. The molecule has 0 amide bonds. The van der Waals surface area contributed by atoms with E-state index < -0.39 is 67.4 Å². The van der Waals surface area contributed by atoms with Crippen LogP contribution in [0.1, 0.15) is 6.42 Å². The van der Waals surface area contributed by atoms with Crippen molar-refractivity contribution in [3.05, 3.63) is 0 Å². The van der Waals surface area contributed by atoms with Gasteiger partial charge in [-0.1, -0.05) is 0 Å². The molecule has 0 bridgehead atoms. The third-order valence-corrected chi connectivity index (χ3v) is 3.90. The van der Waals surface area contributed by atoms with Crippen molar-refractivity contribution in [3.8, 4) is 0 Å². The molecule has 144 valence electrons. The molecule has 1 rings (SSSR count). The minimum Gasteiger partial charge on any atom is -0.481 e. The molecule has 12 heteroatoms. The molecule has 0 aromatic heterocycles. The molecule has 0 saturated heterocycles. The largest absolute Gasteiger partial charge is 0.481 e. The Balaban J connectivity index is 2.90. The van der Waals surface area contributed by atoms with Gasteiger partial charge in [-0.2, -0.15) is 0 Å². The van der Waals surface area contributed by atoms with Gasteiger partial charge in [-0.3, -0.25) is 25.0 Å². The van der Waals surface area contributed by atoms with Crippen LogP contribution < -0.4 is 16.0 Å². The standard InChI is InChI=1S/C13H23N3O9/c17-5(18)1-2-14-8-11(23)9(15-3-6(19)20)13(25)10(12(8)24)16-4-7(21)22/h8-16,23-25H,1-4H2,(H,17,18)(H,19,20)(H,21,22). The third-order valence-electron chi connectivity index (χ3n) is 3.90. The molecule has 0 heterocycles. The first kappa shape index (κ1) is 21.2. The van der Waals surface area contributed by atoms with Crippen molar-refractivity contribution < 1.29 is 45.0 Å². The molecular weight excluding hydrogens is 342 g/mol. The van der Waals surface area contributed by atoms with E-state index in [1.165, 1.54) is 0 Å². The van der Waals surface area contributed by atoms with Crippen molar-refractivity contribution in [2.45, 2.75) is 42.9 Å². The Labute approximate surface area is 142 Å². The first-order valence-corrected chi connectivity index (χ1v) is 7.55. The summed E-state index contributed by atoms with van der Waals surface area (Å²) in [6.07, 6.45) is -4.66. The molecule has 1 aliphatic rings. The molecule has 1 fully saturated rings. The predicted octanol–water partition coefficient (Wildman–Crippen LogP) is -4.40. The Bertz CT molecular complexity index is 457. The van der Waals surface area contributed by atoms with E-state index >= 15 is 0 Å². The molecule has 0 aromatic rings. The number of nitrogens with one attached hydrogen (secondary N) is 3. The summed E-state index contributed by atoms with van der Waals surface area (Å²) in [5.41, 5.74) is 0. The highest BCUT2D eigenvalue weighted by atomic mass is 16.4. The van der Waals surface area contributed by atoms with E-state index in [2.05, 4.69) is 16.0 Å². The molecule has 4 atom stereocenters. The van der Waals surface area contributed by atoms with Gasteiger partial charge in [0, 0.05) is 6.54 Å². The fourth-order valence-corrected chi connectivity index (χ4v) is 2.76. The Morgan fingerprint density at radius 2 is 1.00 bits per heavy atom. The minimum absolute atomic E-state index is 0.0957. The maximum Gasteiger partial charge on any atom is 0.317 e. The molecule has 0 spiro atoms. The zero-order chi connectivity index (χ0) is 19.1. The lowest BCUT2D eigenvalue weighted by Crippen LogP contribution is -2.74. The zero-order valence-electron chi connectivity index (χ0n) is 13.2. The maximum atomic E-state index is 10.7. The average molecular weight is 365 g/mol. The molecule has 9 N–H and O–H groups in total. The van der Waals surface area contributed by atoms with Crippen molar-refractivity contribution in [3.63, 3.8) is 0 Å². The predicted molar refractivity (Wildman–Crippen MR) is 80.9 cm³/mol. The van der Waals surface area contributed by atoms with Crippen LogP contribution in [0, 0.1) is 0 Å². The van der Waals surface area contributed by atoms with Gasteiger partial charge in [0.25, 0.3) is 0 Å². The summed E-state index contributed by atoms with van der Waals surface area (Å²) in [6.45, 7) is -1.26. The summed E-state index contributed by atoms with van der Waals surface area (Å²) in [5, 5.41) is 64.5. The number of rotatable bonds is 10. The Morgan fingerprint density at radius 1 is 0.640 bits per heavy atom. The van der Waals surface area contributed by atoms with Crippen LogP contribution in [0.2, 0.25) is 0 Å². The quantitative estimate of drug-likeness (QED) is 0.180. The normalized spacial score (nSPS) is 32.3. The summed E-state index contributed by atoms with van der Waals surface area (Å²) in [5.74, 6) is -3.58. The second kappa shape index (κ2) is 9.60. The fraction of sp³-hybridized carbons (Fsp3) is 0.769. The molecule has 1 aliphatic carbocycles. The molecule has 0 aromatic carbocycles. The van der Waals surface area contributed by atoms with Gasteiger partial charge in [0.1, 0.15) is 0 Å². The molecule has 0 radical (unpaired) electrons. The summed E-state index contributed by atoms with van der Waals surface area (Å²) in [6, 6.07) is -3.48. The monoisotopic (exact) mass is 365 g/mol. The van der Waals surface area contributed by atoms with Crippen LogP contribution in [0.15, 0.2) is 0 Å². The summed E-state index contributed by atoms with van der Waals surface area (Å²) in [4.78, 5) is 32.0. The molecule has 0 aliphatic heterocycles. The average Bonchev–Trinajstić information content (AvgIpc) is 2.49. The number of hydrogen-bond donors (Lipinski definition) is 9. The van der Waals surface area contributed by atoms with E-state index in [1.54, 1.807) is 0 Å². The number of aliphatic hydroxyl groups excluding tert-OH is 3. The van der Waals surface area contributed by atoms with Gasteiger partial charge in [-0.25, -0.2) is 0 Å². The van der Waals surface area contributed by atoms with E-state index in [1.807, 2.05) is 0 Å². The van der Waals surface area contributed by atoms with Gasteiger partial charge in [-0.15, -0.1) is 0 Å². The van der Waals surface area contributed by atoms with E-state index in [-0.39, 0.29) is 13.0 Å². The summed E-state index contributed by atoms with van der Waals surface area (Å²) < 4.78 is 0. The van der Waals surface area contributed by atoms with Gasteiger partial charge in [-0.05, 0) is 0 Å². The number of carboxylic acids is 3. The van der Waals surface area contributed by atoms with E-state index in [0.717, 1.165) is 0 Å². The summed E-state index contributed by atoms with van der Waals surface area (Å²) >= 11 is 0. The molecule has 25 heavy (non-hydrogen) atoms. The van der Waals surface area contributed by atoms with E-state index in [4.69, 9.17) is 15.3 Å². The second-order valence-electron chi connectivity index (χ2n) is 5.70. The maximum absolute atomic E-state index is 10.7. The van der Waals surface area contributed by atoms with Crippen LogP contribution in [-0.4, -0.2) is 105 Å². The molecule has 12 nitrogen and oxygen atoms in total. The van der Waals surface area contributed by atoms with Crippen molar-refractivity contribution >= 4 is 17.9 Å². The topological polar surface area (TPSA) is 209 Å². The SMILES string of the molecule is O=C(O)CCNC1C(O)C(NCC(=O)O)C(O)C(NCC(=O)O)C1O. The van der Waals surface area contributed by atoms with Crippen LogP contribution >= 0.6 is 0 Å². The first-order chi connectivity index (χ1) is 11.6. The Kier molecular flexibility index (Phi) is 8.15. The lowest BCUT2D eigenvalue weighted by Gasteiger charge is -2.46. The number of hydrogen-bond acceptors (Lipinski definition) is 9. The van der Waals surface area contributed by atoms with E-state index in [9.17, 15) is 29.7 Å². The van der Waals surface area contributed by atoms with Crippen molar-refractivity contribution in [2.75, 3.05) is 19.6 Å². The zero-order valence-corrected chi connectivity index (χ0v) is 13.2. The van der Waals surface area contributed by atoms with Crippen molar-refractivity contribution in [2.24, 2.45) is 0 Å². The number of aliphatic hydroxyl groups is 3. The third kappa shape index (κ3) is 6.19. The number of carbonyl (C=O) groups is 3. The van der Waals surface area contributed by atoms with Gasteiger partial charge in [0.2, 0.25) is 0 Å². The van der Waals surface area contributed by atoms with Crippen LogP contribution in [0.4, 0.5) is 0 Å². The van der Waals surface area contributed by atoms with E-state index in [0.29, 0.717) is 0 Å². The highest BCUT2D eigenvalue weighted by Crippen LogP contribution is 2.22. The van der Waals surface area contributed by atoms with Gasteiger partial charge < -0.3 is 36.0 Å². The first-order valence-electron chi connectivity index (χ1n) is 7.55. The second-order valence-corrected chi connectivity index (χ2v) is 5.70. The van der Waals surface area contributed by atoms with Crippen LogP contribution in [0.25, 0.3) is 0 Å². The number of aliphatic carboxylic acids is 3. The highest BCUT2D eigenvalue weighted by molar-refractivity contribution is 5.69. The minimum atomic E-state index is -1.48. The summed E-state index contributed by atoms with van der Waals surface area (Å²) in [7, 11) is 0. The van der Waals surface area contributed by atoms with Gasteiger partial charge in [0.15, 0.2) is 0 Å². The lowest BCUT2D eigenvalue weighted by molar-refractivity contribution is -0.140. The fourth-order valence-electron chi connectivity index (χ4n) is 2.76. The van der Waals surface area contributed by atoms with Crippen LogP contribution in [-0.2, 0) is 14.4 Å². The van der Waals surface area contributed by atoms with Crippen molar-refractivity contribution in [1.82, 2.24) is 16.0 Å². The molecular formula is C13H23N3O9. The lowest BCUT2D eigenvalue weighted by atomic mass is 9.79. The molecule has 1 saturated carbocycles. The van der Waals surface area contributed by atoms with Gasteiger partial charge >= 0.3 is 17.9 Å². The van der Waals surface area contributed by atoms with Crippen LogP contribution in [0.5, 0.6) is 0 Å². The van der Waals surface area contributed by atoms with Crippen molar-refractivity contribution in [1.29, 1.82) is 0 Å². The van der Waals surface area contributed by atoms with Gasteiger partial charge in [0.05, 0.1) is 55.9 Å².